The number of rotatable bonds is 7. The summed E-state index contributed by atoms with van der Waals surface area (Å²) in [5.41, 5.74) is 1.32. The van der Waals surface area contributed by atoms with Crippen molar-refractivity contribution in [2.75, 3.05) is 24.7 Å². The number of fused-ring (bicyclic) bond motifs is 1. The van der Waals surface area contributed by atoms with E-state index in [4.69, 9.17) is 32.7 Å². The first-order chi connectivity index (χ1) is 16.4. The van der Waals surface area contributed by atoms with E-state index in [2.05, 4.69) is 0 Å². The number of halogens is 3. The molecule has 0 radical (unpaired) electrons. The number of ether oxygens (including phenoxy) is 2. The molecular weight excluding hydrogens is 507 g/mol. The van der Waals surface area contributed by atoms with E-state index in [1.165, 1.54) is 17.0 Å². The molecule has 6 nitrogen and oxygen atoms in total. The van der Waals surface area contributed by atoms with Gasteiger partial charge in [-0.05, 0) is 61.0 Å². The van der Waals surface area contributed by atoms with Crippen LogP contribution in [0.2, 0.25) is 10.0 Å². The Morgan fingerprint density at radius 2 is 1.77 bits per heavy atom. The van der Waals surface area contributed by atoms with Gasteiger partial charge < -0.3 is 24.3 Å². The average molecular weight is 526 g/mol. The largest absolute Gasteiger partial charge is 1.00 e. The van der Waals surface area contributed by atoms with Gasteiger partial charge in [-0.2, -0.15) is 0 Å². The number of anilines is 1. The Bertz CT molecular complexity index is 1210. The molecule has 0 aromatic heterocycles. The number of hydrogen-bond acceptors (Lipinski definition) is 5. The van der Waals surface area contributed by atoms with E-state index in [1.807, 2.05) is 0 Å². The first-order valence-electron chi connectivity index (χ1n) is 10.5. The number of alkyl halides is 1. The Kier molecular flexibility index (Phi) is 9.44. The zero-order valence-corrected chi connectivity index (χ0v) is 22.3. The minimum absolute atomic E-state index is 0. The molecule has 0 N–H and O–H groups in total. The number of benzene rings is 3. The first kappa shape index (κ1) is 27.3. The number of nitrogens with zero attached hydrogens (tertiary/aromatic N) is 1. The molecule has 1 amide bonds. The predicted molar refractivity (Wildman–Crippen MR) is 125 cm³/mol. The molecule has 3 aromatic rings. The van der Waals surface area contributed by atoms with Crippen LogP contribution < -0.4 is 49.0 Å². The van der Waals surface area contributed by atoms with Crippen molar-refractivity contribution in [2.24, 2.45) is 0 Å². The van der Waals surface area contributed by atoms with Gasteiger partial charge in [0.1, 0.15) is 23.9 Å². The number of carboxylic acids is 1. The minimum Gasteiger partial charge on any atom is -0.549 e. The zero-order chi connectivity index (χ0) is 24.2. The third-order valence-corrected chi connectivity index (χ3v) is 5.96. The second-order valence-corrected chi connectivity index (χ2v) is 8.42. The molecular formula is C25H19Cl2FNNaO5. The molecule has 0 aliphatic carbocycles. The molecule has 1 heterocycles. The Hall–Kier alpha value is -2.29. The van der Waals surface area contributed by atoms with E-state index in [1.54, 1.807) is 48.5 Å². The van der Waals surface area contributed by atoms with E-state index in [0.717, 1.165) is 0 Å². The van der Waals surface area contributed by atoms with Gasteiger partial charge in [0.15, 0.2) is 0 Å². The Morgan fingerprint density at radius 3 is 2.40 bits per heavy atom. The molecule has 0 saturated heterocycles. The molecule has 4 rings (SSSR count). The van der Waals surface area contributed by atoms with Crippen molar-refractivity contribution in [3.8, 4) is 17.2 Å². The summed E-state index contributed by atoms with van der Waals surface area (Å²) in [5, 5.41) is 12.1. The molecule has 1 aliphatic heterocycles. The summed E-state index contributed by atoms with van der Waals surface area (Å²) < 4.78 is 24.5. The Balaban J connectivity index is 0.00000342. The molecule has 1 unspecified atom stereocenters. The van der Waals surface area contributed by atoms with Crippen LogP contribution in [-0.2, 0) is 4.79 Å². The maximum Gasteiger partial charge on any atom is 1.00 e. The molecule has 0 bridgehead atoms. The topological polar surface area (TPSA) is 78.9 Å². The molecule has 0 fully saturated rings. The standard InChI is InChI=1S/C25H20Cl2FNO5.Na/c26-16-3-5-17(6-4-16)29(11-10-28)24(30)15-1-7-18(8-2-15)34-23-14-22-20(13-21(23)27)19(25(31)32)9-12-33-22;/h1-8,13-14,19H,9-12H2,(H,31,32);/q;+1/p-1. The summed E-state index contributed by atoms with van der Waals surface area (Å²) in [7, 11) is 0. The van der Waals surface area contributed by atoms with Crippen molar-refractivity contribution in [1.82, 2.24) is 0 Å². The number of carbonyl (C=O) groups excluding carboxylic acids is 2. The summed E-state index contributed by atoms with van der Waals surface area (Å²) in [6, 6.07) is 15.9. The molecule has 10 heteroatoms. The number of hydrogen-bond donors (Lipinski definition) is 0. The maximum absolute atomic E-state index is 13.1. The van der Waals surface area contributed by atoms with Crippen LogP contribution in [0.5, 0.6) is 17.2 Å². The molecule has 0 spiro atoms. The van der Waals surface area contributed by atoms with Crippen molar-refractivity contribution >= 4 is 40.8 Å². The van der Waals surface area contributed by atoms with Gasteiger partial charge in [0.05, 0.1) is 18.2 Å². The van der Waals surface area contributed by atoms with Gasteiger partial charge in [-0.15, -0.1) is 0 Å². The van der Waals surface area contributed by atoms with Gasteiger partial charge in [-0.1, -0.05) is 23.2 Å². The predicted octanol–water partition coefficient (Wildman–Crippen LogP) is 2.02. The van der Waals surface area contributed by atoms with E-state index in [9.17, 15) is 19.1 Å². The second-order valence-electron chi connectivity index (χ2n) is 7.58. The number of carbonyl (C=O) groups is 2. The van der Waals surface area contributed by atoms with Gasteiger partial charge >= 0.3 is 29.6 Å². The van der Waals surface area contributed by atoms with Crippen LogP contribution in [0.25, 0.3) is 0 Å². The van der Waals surface area contributed by atoms with E-state index in [0.29, 0.717) is 39.8 Å². The molecule has 1 atom stereocenters. The Labute approximate surface area is 233 Å². The van der Waals surface area contributed by atoms with Crippen molar-refractivity contribution in [3.63, 3.8) is 0 Å². The Morgan fingerprint density at radius 1 is 1.09 bits per heavy atom. The first-order valence-corrected chi connectivity index (χ1v) is 11.2. The monoisotopic (exact) mass is 525 g/mol. The summed E-state index contributed by atoms with van der Waals surface area (Å²) in [5.74, 6) is -1.31. The third-order valence-electron chi connectivity index (χ3n) is 5.41. The van der Waals surface area contributed by atoms with Gasteiger partial charge in [0.25, 0.3) is 5.91 Å². The fraction of sp³-hybridized carbons (Fsp3) is 0.200. The van der Waals surface area contributed by atoms with Gasteiger partial charge in [0, 0.05) is 39.8 Å². The van der Waals surface area contributed by atoms with E-state index < -0.39 is 18.6 Å². The fourth-order valence-corrected chi connectivity index (χ4v) is 4.05. The van der Waals surface area contributed by atoms with E-state index in [-0.39, 0.29) is 59.4 Å². The van der Waals surface area contributed by atoms with Crippen molar-refractivity contribution in [2.45, 2.75) is 12.3 Å². The summed E-state index contributed by atoms with van der Waals surface area (Å²) in [6.45, 7) is -0.559. The van der Waals surface area contributed by atoms with Crippen LogP contribution in [-0.4, -0.2) is 31.7 Å². The number of aliphatic carboxylic acids is 1. The van der Waals surface area contributed by atoms with Crippen LogP contribution in [0.4, 0.5) is 10.1 Å². The van der Waals surface area contributed by atoms with Crippen LogP contribution in [0.15, 0.2) is 60.7 Å². The van der Waals surface area contributed by atoms with Crippen LogP contribution in [0, 0.1) is 0 Å². The summed E-state index contributed by atoms with van der Waals surface area (Å²) in [6.07, 6.45) is 0.302. The fourth-order valence-electron chi connectivity index (χ4n) is 3.71. The summed E-state index contributed by atoms with van der Waals surface area (Å²) in [4.78, 5) is 25.7. The summed E-state index contributed by atoms with van der Waals surface area (Å²) >= 11 is 12.2. The van der Waals surface area contributed by atoms with Gasteiger partial charge in [-0.3, -0.25) is 4.79 Å². The molecule has 3 aromatic carbocycles. The van der Waals surface area contributed by atoms with Crippen LogP contribution in [0.3, 0.4) is 0 Å². The maximum atomic E-state index is 13.1. The van der Waals surface area contributed by atoms with E-state index >= 15 is 0 Å². The van der Waals surface area contributed by atoms with Gasteiger partial charge in [0.2, 0.25) is 0 Å². The minimum atomic E-state index is -1.19. The number of amides is 1. The second kappa shape index (κ2) is 12.1. The van der Waals surface area contributed by atoms with Crippen molar-refractivity contribution in [3.05, 3.63) is 81.8 Å². The normalized spacial score (nSPS) is 14.2. The van der Waals surface area contributed by atoms with Gasteiger partial charge in [-0.25, -0.2) is 4.39 Å². The third kappa shape index (κ3) is 6.29. The quantitative estimate of drug-likeness (QED) is 0.441. The number of carboxylic acid groups (broad SMARTS) is 1. The van der Waals surface area contributed by atoms with Crippen LogP contribution in [0.1, 0.15) is 28.3 Å². The smallest absolute Gasteiger partial charge is 0.549 e. The van der Waals surface area contributed by atoms with Crippen molar-refractivity contribution in [1.29, 1.82) is 0 Å². The van der Waals surface area contributed by atoms with Crippen molar-refractivity contribution < 1.29 is 58.1 Å². The SMILES string of the molecule is O=C([O-])C1CCOc2cc(Oc3ccc(C(=O)N(CCF)c4ccc(Cl)cc4)cc3)c(Cl)cc21.[Na+]. The average Bonchev–Trinajstić information content (AvgIpc) is 2.83. The molecule has 0 saturated carbocycles. The van der Waals surface area contributed by atoms with Crippen LogP contribution >= 0.6 is 23.2 Å². The molecule has 35 heavy (non-hydrogen) atoms. The molecule has 1 aliphatic rings. The molecule has 176 valence electrons. The zero-order valence-electron chi connectivity index (χ0n) is 18.8.